The fraction of sp³-hybridized carbons (Fsp3) is 0.793. The number of sulfonamides is 1. The number of allylic oxidation sites excluding steroid dienone is 2. The molecular formula is C29H44N4O7S. The van der Waals surface area contributed by atoms with Gasteiger partial charge >= 0.3 is 6.09 Å². The molecule has 0 aromatic heterocycles. The number of fused-ring (bicyclic) bond motifs is 1. The van der Waals surface area contributed by atoms with Crippen LogP contribution >= 0.6 is 0 Å². The highest BCUT2D eigenvalue weighted by molar-refractivity contribution is 7.91. The summed E-state index contributed by atoms with van der Waals surface area (Å²) in [6.45, 7) is 2.11. The Kier molecular flexibility index (Phi) is 8.69. The molecule has 7 atom stereocenters. The number of amides is 4. The van der Waals surface area contributed by atoms with E-state index in [1.165, 1.54) is 11.3 Å². The van der Waals surface area contributed by atoms with E-state index in [0.29, 0.717) is 63.3 Å². The number of carbonyl (C=O) groups is 4. The lowest BCUT2D eigenvalue weighted by atomic mass is 10.0. The molecule has 0 radical (unpaired) electrons. The Labute approximate surface area is 242 Å². The number of primary amides is 1. The van der Waals surface area contributed by atoms with Crippen molar-refractivity contribution in [2.45, 2.75) is 113 Å². The lowest BCUT2D eigenvalue weighted by molar-refractivity contribution is -0.139. The van der Waals surface area contributed by atoms with Crippen LogP contribution in [0.4, 0.5) is 4.79 Å². The smallest absolute Gasteiger partial charge is 0.408 e. The quantitative estimate of drug-likeness (QED) is 0.206. The summed E-state index contributed by atoms with van der Waals surface area (Å²) in [7, 11) is -3.60. The third-order valence-corrected chi connectivity index (χ3v) is 11.9. The van der Waals surface area contributed by atoms with Crippen molar-refractivity contribution in [1.82, 2.24) is 14.9 Å². The van der Waals surface area contributed by atoms with Crippen LogP contribution in [-0.2, 0) is 29.1 Å². The van der Waals surface area contributed by atoms with Crippen molar-refractivity contribution in [2.24, 2.45) is 29.4 Å². The number of nitrogens with two attached hydrogens (primary N) is 1. The molecule has 41 heavy (non-hydrogen) atoms. The van der Waals surface area contributed by atoms with Crippen LogP contribution in [0.5, 0.6) is 0 Å². The maximum Gasteiger partial charge on any atom is 0.408 e. The summed E-state index contributed by atoms with van der Waals surface area (Å²) in [5.74, 6) is -0.0811. The number of likely N-dealkylation sites (tertiary alicyclic amines) is 1. The first kappa shape index (κ1) is 29.8. The van der Waals surface area contributed by atoms with E-state index in [-0.39, 0.29) is 23.8 Å². The summed E-state index contributed by atoms with van der Waals surface area (Å²) in [6.07, 6.45) is 13.1. The van der Waals surface area contributed by atoms with E-state index in [9.17, 15) is 27.6 Å². The van der Waals surface area contributed by atoms with Crippen LogP contribution < -0.4 is 15.8 Å². The fourth-order valence-electron chi connectivity index (χ4n) is 6.43. The molecule has 0 spiro atoms. The topological polar surface area (TPSA) is 165 Å². The second kappa shape index (κ2) is 11.9. The molecule has 5 aliphatic rings. The Morgan fingerprint density at radius 2 is 1.80 bits per heavy atom. The summed E-state index contributed by atoms with van der Waals surface area (Å²) >= 11 is 0. The van der Waals surface area contributed by atoms with Gasteiger partial charge in [0.1, 0.15) is 18.2 Å². The summed E-state index contributed by atoms with van der Waals surface area (Å²) in [6, 6.07) is -1.41. The van der Waals surface area contributed by atoms with Crippen LogP contribution in [0.1, 0.15) is 90.4 Å². The molecule has 1 aliphatic heterocycles. The van der Waals surface area contributed by atoms with Gasteiger partial charge in [-0.1, -0.05) is 25.0 Å². The van der Waals surface area contributed by atoms with Crippen LogP contribution in [0.3, 0.4) is 0 Å². The summed E-state index contributed by atoms with van der Waals surface area (Å²) in [5, 5.41) is 2.78. The number of hydrogen-bond donors (Lipinski definition) is 3. The van der Waals surface area contributed by atoms with E-state index in [1.807, 2.05) is 12.2 Å². The summed E-state index contributed by atoms with van der Waals surface area (Å²) in [5.41, 5.74) is 5.52. The van der Waals surface area contributed by atoms with Gasteiger partial charge in [-0.25, -0.2) is 13.2 Å². The average Bonchev–Trinajstić information content (AvgIpc) is 3.87. The first-order chi connectivity index (χ1) is 19.5. The van der Waals surface area contributed by atoms with Crippen LogP contribution in [-0.4, -0.2) is 66.6 Å². The second-order valence-electron chi connectivity index (χ2n) is 13.0. The molecule has 4 amide bonds. The SMILES string of the molecule is CC1(S(=O)(=O)NC(=O)[C@H]2C[C@H]2/C=C\CCCCC[C@H](NC(=O)OC2C[C@@H]3C[C@@H]3C2)C(=O)N2CCC[C@H]2C(N)=O)CC1. The number of nitrogens with zero attached hydrogens (tertiary/aromatic N) is 1. The minimum Gasteiger partial charge on any atom is -0.446 e. The van der Waals surface area contributed by atoms with Gasteiger partial charge < -0.3 is 20.7 Å². The van der Waals surface area contributed by atoms with E-state index >= 15 is 0 Å². The molecule has 4 saturated carbocycles. The minimum absolute atomic E-state index is 0.0684. The van der Waals surface area contributed by atoms with E-state index in [2.05, 4.69) is 10.0 Å². The van der Waals surface area contributed by atoms with Gasteiger partial charge in [-0.15, -0.1) is 0 Å². The van der Waals surface area contributed by atoms with Gasteiger partial charge in [-0.3, -0.25) is 19.1 Å². The standard InChI is InChI=1S/C29H44N4O7S/c1-29(11-12-29)41(38,39)32-26(35)22-17-18(22)8-5-3-2-4-6-9-23(27(36)33-13-7-10-24(33)25(30)34)31-28(37)40-21-15-19-14-20(19)16-21/h5,8,18-24H,2-4,6-7,9-17H2,1H3,(H2,30,34)(H,31,37)(H,32,35)/b8-5-/t18-,19-,20+,21?,22+,23+,24+/m1/s1. The third-order valence-electron chi connectivity index (χ3n) is 9.69. The molecule has 4 aliphatic carbocycles. The number of alkyl carbamates (subject to hydrolysis) is 1. The zero-order chi connectivity index (χ0) is 29.4. The van der Waals surface area contributed by atoms with Crippen LogP contribution in [0.2, 0.25) is 0 Å². The monoisotopic (exact) mass is 592 g/mol. The first-order valence-corrected chi connectivity index (χ1v) is 16.8. The zero-order valence-corrected chi connectivity index (χ0v) is 24.7. The minimum atomic E-state index is -3.60. The molecule has 11 nitrogen and oxygen atoms in total. The average molecular weight is 593 g/mol. The van der Waals surface area contributed by atoms with Crippen molar-refractivity contribution in [2.75, 3.05) is 6.54 Å². The Hall–Kier alpha value is -2.63. The predicted octanol–water partition coefficient (Wildman–Crippen LogP) is 2.50. The van der Waals surface area contributed by atoms with E-state index in [1.54, 1.807) is 6.92 Å². The van der Waals surface area contributed by atoms with Crippen LogP contribution in [0, 0.1) is 23.7 Å². The van der Waals surface area contributed by atoms with E-state index in [0.717, 1.165) is 32.1 Å². The molecule has 1 heterocycles. The number of rotatable bonds is 14. The molecule has 0 bridgehead atoms. The van der Waals surface area contributed by atoms with Crippen LogP contribution in [0.25, 0.3) is 0 Å². The number of carbonyl (C=O) groups excluding carboxylic acids is 4. The van der Waals surface area contributed by atoms with Crippen molar-refractivity contribution < 1.29 is 32.3 Å². The lowest BCUT2D eigenvalue weighted by Gasteiger charge is -2.28. The molecule has 0 aromatic rings. The molecule has 228 valence electrons. The highest BCUT2D eigenvalue weighted by Crippen LogP contribution is 2.52. The van der Waals surface area contributed by atoms with Crippen molar-refractivity contribution >= 4 is 33.8 Å². The second-order valence-corrected chi connectivity index (χ2v) is 15.2. The highest BCUT2D eigenvalue weighted by Gasteiger charge is 2.52. The molecule has 0 aromatic carbocycles. The summed E-state index contributed by atoms with van der Waals surface area (Å²) < 4.78 is 31.6. The largest absolute Gasteiger partial charge is 0.446 e. The number of hydrogen-bond acceptors (Lipinski definition) is 7. The molecule has 12 heteroatoms. The highest BCUT2D eigenvalue weighted by atomic mass is 32.2. The van der Waals surface area contributed by atoms with Gasteiger partial charge in [0.05, 0.1) is 4.75 Å². The van der Waals surface area contributed by atoms with Gasteiger partial charge in [0.15, 0.2) is 0 Å². The van der Waals surface area contributed by atoms with Crippen molar-refractivity contribution in [3.63, 3.8) is 0 Å². The van der Waals surface area contributed by atoms with Gasteiger partial charge in [-0.2, -0.15) is 0 Å². The van der Waals surface area contributed by atoms with Gasteiger partial charge in [0.25, 0.3) is 0 Å². The van der Waals surface area contributed by atoms with Gasteiger partial charge in [-0.05, 0) is 95.3 Å². The zero-order valence-electron chi connectivity index (χ0n) is 23.9. The maximum atomic E-state index is 13.3. The Bertz CT molecular complexity index is 1170. The lowest BCUT2D eigenvalue weighted by Crippen LogP contribution is -2.53. The number of unbranched alkanes of at least 4 members (excludes halogenated alkanes) is 3. The van der Waals surface area contributed by atoms with Gasteiger partial charge in [0.2, 0.25) is 27.7 Å². The molecule has 1 unspecified atom stereocenters. The predicted molar refractivity (Wildman–Crippen MR) is 150 cm³/mol. The Morgan fingerprint density at radius 3 is 2.49 bits per heavy atom. The molecular weight excluding hydrogens is 548 g/mol. The summed E-state index contributed by atoms with van der Waals surface area (Å²) in [4.78, 5) is 51.7. The van der Waals surface area contributed by atoms with Crippen molar-refractivity contribution in [1.29, 1.82) is 0 Å². The molecule has 4 N–H and O–H groups in total. The third kappa shape index (κ3) is 7.24. The number of ether oxygens (including phenoxy) is 1. The van der Waals surface area contributed by atoms with E-state index in [4.69, 9.17) is 10.5 Å². The van der Waals surface area contributed by atoms with Crippen molar-refractivity contribution in [3.8, 4) is 0 Å². The van der Waals surface area contributed by atoms with Gasteiger partial charge in [0, 0.05) is 12.5 Å². The normalized spacial score (nSPS) is 31.8. The van der Waals surface area contributed by atoms with Crippen molar-refractivity contribution in [3.05, 3.63) is 12.2 Å². The Morgan fingerprint density at radius 1 is 1.07 bits per heavy atom. The molecule has 5 fully saturated rings. The van der Waals surface area contributed by atoms with Crippen LogP contribution in [0.15, 0.2) is 12.2 Å². The molecule has 5 rings (SSSR count). The van der Waals surface area contributed by atoms with E-state index < -0.39 is 44.8 Å². The number of nitrogens with one attached hydrogen (secondary N) is 2. The fourth-order valence-corrected chi connectivity index (χ4v) is 7.73. The first-order valence-electron chi connectivity index (χ1n) is 15.3. The maximum absolute atomic E-state index is 13.3. The molecule has 1 saturated heterocycles. The Balaban J connectivity index is 1.03.